The van der Waals surface area contributed by atoms with Crippen LogP contribution in [0.4, 0.5) is 11.4 Å². The standard InChI is InChI=1S/C18H20N2O2S/c1-19(2)10-5-11-20-14-6-3-4-7-16(14)23-17-9-8-13(18(21)22)12-15(17)20/h3-4,6-9,12H,5,10-11H2,1-2H3,(H,21,22). The molecule has 2 aromatic carbocycles. The smallest absolute Gasteiger partial charge is 0.335 e. The molecule has 1 aliphatic rings. The van der Waals surface area contributed by atoms with Gasteiger partial charge in [0.25, 0.3) is 0 Å². The number of anilines is 2. The molecule has 4 nitrogen and oxygen atoms in total. The molecule has 0 amide bonds. The molecule has 0 aromatic heterocycles. The Hall–Kier alpha value is -1.98. The number of carboxylic acids is 1. The molecule has 0 atom stereocenters. The Morgan fingerprint density at radius 2 is 1.87 bits per heavy atom. The van der Waals surface area contributed by atoms with Crippen molar-refractivity contribution in [3.8, 4) is 0 Å². The van der Waals surface area contributed by atoms with Crippen LogP contribution >= 0.6 is 11.8 Å². The predicted octanol–water partition coefficient (Wildman–Crippen LogP) is 3.94. The third-order valence-electron chi connectivity index (χ3n) is 3.86. The molecule has 0 radical (unpaired) electrons. The molecular weight excluding hydrogens is 308 g/mol. The number of carboxylic acid groups (broad SMARTS) is 1. The van der Waals surface area contributed by atoms with E-state index in [1.807, 2.05) is 18.2 Å². The summed E-state index contributed by atoms with van der Waals surface area (Å²) >= 11 is 1.70. The van der Waals surface area contributed by atoms with Gasteiger partial charge in [0.1, 0.15) is 0 Å². The molecule has 120 valence electrons. The lowest BCUT2D eigenvalue weighted by atomic mass is 10.1. The molecular formula is C18H20N2O2S. The summed E-state index contributed by atoms with van der Waals surface area (Å²) in [6.07, 6.45) is 1.02. The fourth-order valence-electron chi connectivity index (χ4n) is 2.75. The summed E-state index contributed by atoms with van der Waals surface area (Å²) < 4.78 is 0. The van der Waals surface area contributed by atoms with Crippen LogP contribution in [0.2, 0.25) is 0 Å². The van der Waals surface area contributed by atoms with E-state index in [1.54, 1.807) is 23.9 Å². The first kappa shape index (κ1) is 15.9. The zero-order valence-corrected chi connectivity index (χ0v) is 14.1. The van der Waals surface area contributed by atoms with E-state index in [0.29, 0.717) is 5.56 Å². The maximum absolute atomic E-state index is 11.3. The normalized spacial score (nSPS) is 12.9. The number of fused-ring (bicyclic) bond motifs is 2. The number of benzene rings is 2. The van der Waals surface area contributed by atoms with Crippen LogP contribution in [0.3, 0.4) is 0 Å². The molecule has 0 fully saturated rings. The molecule has 23 heavy (non-hydrogen) atoms. The largest absolute Gasteiger partial charge is 0.478 e. The second kappa shape index (κ2) is 6.64. The lowest BCUT2D eigenvalue weighted by Crippen LogP contribution is -2.25. The van der Waals surface area contributed by atoms with Gasteiger partial charge >= 0.3 is 5.97 Å². The van der Waals surface area contributed by atoms with Gasteiger partial charge < -0.3 is 14.9 Å². The fraction of sp³-hybridized carbons (Fsp3) is 0.278. The Bertz CT molecular complexity index is 731. The van der Waals surface area contributed by atoms with Crippen molar-refractivity contribution in [2.24, 2.45) is 0 Å². The van der Waals surface area contributed by atoms with Crippen molar-refractivity contribution in [3.63, 3.8) is 0 Å². The van der Waals surface area contributed by atoms with Gasteiger partial charge in [0.2, 0.25) is 0 Å². The van der Waals surface area contributed by atoms with Crippen molar-refractivity contribution in [1.29, 1.82) is 0 Å². The Morgan fingerprint density at radius 1 is 1.13 bits per heavy atom. The van der Waals surface area contributed by atoms with Gasteiger partial charge in [-0.05, 0) is 57.4 Å². The Labute approximate surface area is 140 Å². The number of carbonyl (C=O) groups is 1. The molecule has 0 spiro atoms. The first-order chi connectivity index (χ1) is 11.1. The summed E-state index contributed by atoms with van der Waals surface area (Å²) in [5, 5.41) is 9.28. The lowest BCUT2D eigenvalue weighted by Gasteiger charge is -2.33. The highest BCUT2D eigenvalue weighted by molar-refractivity contribution is 7.99. The van der Waals surface area contributed by atoms with Gasteiger partial charge in [-0.2, -0.15) is 0 Å². The number of rotatable bonds is 5. The van der Waals surface area contributed by atoms with Gasteiger partial charge in [-0.25, -0.2) is 4.79 Å². The van der Waals surface area contributed by atoms with E-state index in [0.717, 1.165) is 35.8 Å². The summed E-state index contributed by atoms with van der Waals surface area (Å²) in [6.45, 7) is 1.87. The molecule has 1 N–H and O–H groups in total. The first-order valence-electron chi connectivity index (χ1n) is 7.63. The summed E-state index contributed by atoms with van der Waals surface area (Å²) in [5.41, 5.74) is 2.49. The Morgan fingerprint density at radius 3 is 2.61 bits per heavy atom. The van der Waals surface area contributed by atoms with Gasteiger partial charge in [-0.1, -0.05) is 23.9 Å². The van der Waals surface area contributed by atoms with E-state index in [1.165, 1.54) is 4.90 Å². The lowest BCUT2D eigenvalue weighted by molar-refractivity contribution is 0.0697. The number of nitrogens with zero attached hydrogens (tertiary/aromatic N) is 2. The minimum absolute atomic E-state index is 0.335. The molecule has 1 aliphatic heterocycles. The van der Waals surface area contributed by atoms with Crippen molar-refractivity contribution in [2.75, 3.05) is 32.1 Å². The third-order valence-corrected chi connectivity index (χ3v) is 4.99. The van der Waals surface area contributed by atoms with E-state index in [9.17, 15) is 9.90 Å². The highest BCUT2D eigenvalue weighted by Gasteiger charge is 2.24. The summed E-state index contributed by atoms with van der Waals surface area (Å²) in [4.78, 5) is 18.0. The average Bonchev–Trinajstić information content (AvgIpc) is 2.53. The van der Waals surface area contributed by atoms with E-state index in [2.05, 4.69) is 36.0 Å². The van der Waals surface area contributed by atoms with Crippen LogP contribution in [-0.2, 0) is 0 Å². The quantitative estimate of drug-likeness (QED) is 0.900. The van der Waals surface area contributed by atoms with Crippen LogP contribution in [0.5, 0.6) is 0 Å². The van der Waals surface area contributed by atoms with Crippen molar-refractivity contribution < 1.29 is 9.90 Å². The monoisotopic (exact) mass is 328 g/mol. The second-order valence-electron chi connectivity index (χ2n) is 5.87. The van der Waals surface area contributed by atoms with Crippen LogP contribution in [0.1, 0.15) is 16.8 Å². The van der Waals surface area contributed by atoms with E-state index in [-0.39, 0.29) is 0 Å². The van der Waals surface area contributed by atoms with Gasteiger partial charge in [-0.3, -0.25) is 0 Å². The number of hydrogen-bond acceptors (Lipinski definition) is 4. The molecule has 1 heterocycles. The molecule has 0 unspecified atom stereocenters. The Balaban J connectivity index is 1.98. The molecule has 0 aliphatic carbocycles. The zero-order chi connectivity index (χ0) is 16.4. The van der Waals surface area contributed by atoms with Crippen molar-refractivity contribution >= 4 is 29.1 Å². The van der Waals surface area contributed by atoms with Crippen molar-refractivity contribution in [2.45, 2.75) is 16.2 Å². The third kappa shape index (κ3) is 3.35. The first-order valence-corrected chi connectivity index (χ1v) is 8.44. The van der Waals surface area contributed by atoms with Crippen molar-refractivity contribution in [1.82, 2.24) is 4.90 Å². The van der Waals surface area contributed by atoms with Gasteiger partial charge in [0.15, 0.2) is 0 Å². The zero-order valence-electron chi connectivity index (χ0n) is 13.3. The fourth-order valence-corrected chi connectivity index (χ4v) is 3.82. The van der Waals surface area contributed by atoms with Crippen LogP contribution < -0.4 is 4.90 Å². The molecule has 3 rings (SSSR count). The van der Waals surface area contributed by atoms with Crippen LogP contribution in [0.15, 0.2) is 52.3 Å². The second-order valence-corrected chi connectivity index (χ2v) is 6.95. The maximum atomic E-state index is 11.3. The SMILES string of the molecule is CN(C)CCCN1c2ccccc2Sc2ccc(C(=O)O)cc21. The van der Waals surface area contributed by atoms with E-state index < -0.39 is 5.97 Å². The highest BCUT2D eigenvalue weighted by atomic mass is 32.2. The summed E-state index contributed by atoms with van der Waals surface area (Å²) in [6, 6.07) is 13.7. The number of para-hydroxylation sites is 1. The molecule has 0 saturated heterocycles. The molecule has 2 aromatic rings. The maximum Gasteiger partial charge on any atom is 0.335 e. The van der Waals surface area contributed by atoms with Crippen LogP contribution in [0, 0.1) is 0 Å². The van der Waals surface area contributed by atoms with Crippen LogP contribution in [-0.4, -0.2) is 43.2 Å². The number of aromatic carboxylic acids is 1. The van der Waals surface area contributed by atoms with Gasteiger partial charge in [-0.15, -0.1) is 0 Å². The Kier molecular flexibility index (Phi) is 4.59. The van der Waals surface area contributed by atoms with E-state index >= 15 is 0 Å². The predicted molar refractivity (Wildman–Crippen MR) is 94.1 cm³/mol. The minimum Gasteiger partial charge on any atom is -0.478 e. The van der Waals surface area contributed by atoms with Gasteiger partial charge in [0.05, 0.1) is 16.9 Å². The summed E-state index contributed by atoms with van der Waals surface area (Å²) in [7, 11) is 4.13. The van der Waals surface area contributed by atoms with Crippen LogP contribution in [0.25, 0.3) is 0 Å². The summed E-state index contributed by atoms with van der Waals surface area (Å²) in [5.74, 6) is -0.884. The van der Waals surface area contributed by atoms with Gasteiger partial charge in [0, 0.05) is 16.3 Å². The number of hydrogen-bond donors (Lipinski definition) is 1. The van der Waals surface area contributed by atoms with Crippen molar-refractivity contribution in [3.05, 3.63) is 48.0 Å². The van der Waals surface area contributed by atoms with E-state index in [4.69, 9.17) is 0 Å². The minimum atomic E-state index is -0.884. The molecule has 5 heteroatoms. The topological polar surface area (TPSA) is 43.8 Å². The highest BCUT2D eigenvalue weighted by Crippen LogP contribution is 2.48. The average molecular weight is 328 g/mol. The molecule has 0 saturated carbocycles. The molecule has 0 bridgehead atoms.